The van der Waals surface area contributed by atoms with Gasteiger partial charge in [-0.3, -0.25) is 9.59 Å². The molecule has 1 aliphatic rings. The second kappa shape index (κ2) is 6.35. The van der Waals surface area contributed by atoms with Crippen molar-refractivity contribution in [3.63, 3.8) is 0 Å². The van der Waals surface area contributed by atoms with Gasteiger partial charge in [-0.15, -0.1) is 0 Å². The summed E-state index contributed by atoms with van der Waals surface area (Å²) >= 11 is 0. The SMILES string of the molecule is CC(=O)O[C@@H]1CO[C@@H](n2cccn2)/C(=N/O)[C@@H]1OC(C)=O. The number of carbonyl (C=O) groups excluding carboxylic acids is 2. The second-order valence-corrected chi connectivity index (χ2v) is 4.37. The van der Waals surface area contributed by atoms with Gasteiger partial charge >= 0.3 is 11.9 Å². The first-order chi connectivity index (χ1) is 10.0. The molecule has 0 bridgehead atoms. The third kappa shape index (κ3) is 3.37. The van der Waals surface area contributed by atoms with E-state index in [0.717, 1.165) is 0 Å². The van der Waals surface area contributed by atoms with Gasteiger partial charge in [0.05, 0.1) is 6.61 Å². The van der Waals surface area contributed by atoms with E-state index in [4.69, 9.17) is 14.2 Å². The first kappa shape index (κ1) is 15.0. The summed E-state index contributed by atoms with van der Waals surface area (Å²) in [6.45, 7) is 2.40. The van der Waals surface area contributed by atoms with Gasteiger partial charge in [0.25, 0.3) is 0 Å². The van der Waals surface area contributed by atoms with E-state index in [1.807, 2.05) is 0 Å². The number of oxime groups is 1. The lowest BCUT2D eigenvalue weighted by Crippen LogP contribution is -2.51. The summed E-state index contributed by atoms with van der Waals surface area (Å²) in [6.07, 6.45) is 0.356. The Labute approximate surface area is 120 Å². The minimum atomic E-state index is -1.04. The lowest BCUT2D eigenvalue weighted by Gasteiger charge is -2.35. The molecule has 2 heterocycles. The molecule has 0 unspecified atom stereocenters. The summed E-state index contributed by atoms with van der Waals surface area (Å²) in [5.74, 6) is -1.16. The number of rotatable bonds is 3. The van der Waals surface area contributed by atoms with Crippen LogP contribution in [0.1, 0.15) is 20.1 Å². The van der Waals surface area contributed by atoms with Crippen LogP contribution in [0.15, 0.2) is 23.6 Å². The monoisotopic (exact) mass is 297 g/mol. The maximum Gasteiger partial charge on any atom is 0.303 e. The molecule has 0 aliphatic carbocycles. The van der Waals surface area contributed by atoms with Crippen LogP contribution in [0.3, 0.4) is 0 Å². The highest BCUT2D eigenvalue weighted by Gasteiger charge is 2.43. The van der Waals surface area contributed by atoms with Gasteiger partial charge in [-0.1, -0.05) is 5.16 Å². The quantitative estimate of drug-likeness (QED) is 0.478. The van der Waals surface area contributed by atoms with Crippen molar-refractivity contribution in [2.75, 3.05) is 6.61 Å². The number of nitrogens with zero attached hydrogens (tertiary/aromatic N) is 3. The lowest BCUT2D eigenvalue weighted by molar-refractivity contribution is -0.172. The summed E-state index contributed by atoms with van der Waals surface area (Å²) in [6, 6.07) is 1.66. The van der Waals surface area contributed by atoms with E-state index in [1.54, 1.807) is 12.3 Å². The molecule has 114 valence electrons. The molecule has 0 amide bonds. The van der Waals surface area contributed by atoms with Crippen molar-refractivity contribution in [3.05, 3.63) is 18.5 Å². The van der Waals surface area contributed by atoms with E-state index in [9.17, 15) is 14.8 Å². The van der Waals surface area contributed by atoms with E-state index in [0.29, 0.717) is 0 Å². The molecule has 0 aromatic carbocycles. The van der Waals surface area contributed by atoms with Gasteiger partial charge in [0.2, 0.25) is 0 Å². The predicted octanol–water partition coefficient (Wildman–Crippen LogP) is 0.105. The Morgan fingerprint density at radius 2 is 2.14 bits per heavy atom. The number of esters is 2. The maximum atomic E-state index is 11.2. The molecule has 3 atom stereocenters. The molecule has 9 heteroatoms. The fourth-order valence-electron chi connectivity index (χ4n) is 2.05. The molecule has 1 N–H and O–H groups in total. The highest BCUT2D eigenvalue weighted by Crippen LogP contribution is 2.24. The minimum Gasteiger partial charge on any atom is -0.456 e. The van der Waals surface area contributed by atoms with E-state index in [2.05, 4.69) is 10.3 Å². The predicted molar refractivity (Wildman–Crippen MR) is 67.5 cm³/mol. The molecular formula is C12H15N3O6. The summed E-state index contributed by atoms with van der Waals surface area (Å²) in [7, 11) is 0. The minimum absolute atomic E-state index is 0.00796. The van der Waals surface area contributed by atoms with Crippen LogP contribution in [0, 0.1) is 0 Å². The van der Waals surface area contributed by atoms with Gasteiger partial charge in [-0.05, 0) is 6.07 Å². The van der Waals surface area contributed by atoms with Crippen molar-refractivity contribution in [1.82, 2.24) is 9.78 Å². The number of aromatic nitrogens is 2. The van der Waals surface area contributed by atoms with Crippen molar-refractivity contribution < 1.29 is 29.0 Å². The number of hydrogen-bond acceptors (Lipinski definition) is 8. The normalized spacial score (nSPS) is 27.3. The molecule has 1 aromatic heterocycles. The molecule has 1 aromatic rings. The third-order valence-corrected chi connectivity index (χ3v) is 2.79. The number of ether oxygens (including phenoxy) is 3. The average molecular weight is 297 g/mol. The van der Waals surface area contributed by atoms with Gasteiger partial charge in [0.1, 0.15) is 0 Å². The zero-order valence-corrected chi connectivity index (χ0v) is 11.5. The maximum absolute atomic E-state index is 11.2. The van der Waals surface area contributed by atoms with Gasteiger partial charge in [0.15, 0.2) is 24.1 Å². The first-order valence-electron chi connectivity index (χ1n) is 6.20. The Kier molecular flexibility index (Phi) is 4.53. The van der Waals surface area contributed by atoms with Crippen LogP contribution in [0.2, 0.25) is 0 Å². The molecule has 0 spiro atoms. The summed E-state index contributed by atoms with van der Waals surface area (Å²) in [4.78, 5) is 22.3. The van der Waals surface area contributed by atoms with Crippen molar-refractivity contribution in [3.8, 4) is 0 Å². The van der Waals surface area contributed by atoms with Gasteiger partial charge < -0.3 is 19.4 Å². The Morgan fingerprint density at radius 3 is 2.67 bits per heavy atom. The molecule has 9 nitrogen and oxygen atoms in total. The standard InChI is InChI=1S/C12H15N3O6/c1-7(16)20-9-6-19-12(15-5-3-4-13-15)10(14-18)11(9)21-8(2)17/h3-5,9,11-12,18H,6H2,1-2H3/b14-10+/t9-,11-,12-/m1/s1. The summed E-state index contributed by atoms with van der Waals surface area (Å²) in [5.41, 5.74) is -0.00796. The van der Waals surface area contributed by atoms with Crippen LogP contribution in [-0.2, 0) is 23.8 Å². The van der Waals surface area contributed by atoms with Crippen molar-refractivity contribution in [2.45, 2.75) is 32.3 Å². The molecule has 1 aliphatic heterocycles. The highest BCUT2D eigenvalue weighted by molar-refractivity contribution is 5.93. The van der Waals surface area contributed by atoms with Crippen LogP contribution < -0.4 is 0 Å². The second-order valence-electron chi connectivity index (χ2n) is 4.37. The molecule has 1 saturated heterocycles. The average Bonchev–Trinajstić information content (AvgIpc) is 2.93. The lowest BCUT2D eigenvalue weighted by atomic mass is 10.0. The van der Waals surface area contributed by atoms with E-state index in [1.165, 1.54) is 24.7 Å². The smallest absolute Gasteiger partial charge is 0.303 e. The largest absolute Gasteiger partial charge is 0.456 e. The van der Waals surface area contributed by atoms with Crippen molar-refractivity contribution in [1.29, 1.82) is 0 Å². The van der Waals surface area contributed by atoms with E-state index in [-0.39, 0.29) is 12.3 Å². The topological polar surface area (TPSA) is 112 Å². The zero-order chi connectivity index (χ0) is 15.4. The van der Waals surface area contributed by atoms with E-state index < -0.39 is 30.4 Å². The molecule has 2 rings (SSSR count). The number of carbonyl (C=O) groups is 2. The van der Waals surface area contributed by atoms with Crippen LogP contribution in [0.4, 0.5) is 0 Å². The fourth-order valence-corrected chi connectivity index (χ4v) is 2.05. The van der Waals surface area contributed by atoms with Crippen LogP contribution in [0.25, 0.3) is 0 Å². The fraction of sp³-hybridized carbons (Fsp3) is 0.500. The Morgan fingerprint density at radius 1 is 1.43 bits per heavy atom. The molecule has 1 fully saturated rings. The zero-order valence-electron chi connectivity index (χ0n) is 11.5. The van der Waals surface area contributed by atoms with Crippen LogP contribution in [-0.4, -0.2) is 51.5 Å². The molecular weight excluding hydrogens is 282 g/mol. The van der Waals surface area contributed by atoms with Crippen molar-refractivity contribution >= 4 is 17.7 Å². The van der Waals surface area contributed by atoms with Gasteiger partial charge in [-0.2, -0.15) is 5.10 Å². The summed E-state index contributed by atoms with van der Waals surface area (Å²) in [5, 5.41) is 16.4. The first-order valence-corrected chi connectivity index (χ1v) is 6.20. The molecule has 0 saturated carbocycles. The van der Waals surface area contributed by atoms with Crippen LogP contribution in [0.5, 0.6) is 0 Å². The Bertz CT molecular complexity index is 541. The van der Waals surface area contributed by atoms with Crippen LogP contribution >= 0.6 is 0 Å². The van der Waals surface area contributed by atoms with Gasteiger partial charge in [0, 0.05) is 26.2 Å². The highest BCUT2D eigenvalue weighted by atomic mass is 16.6. The number of hydrogen-bond donors (Lipinski definition) is 1. The van der Waals surface area contributed by atoms with E-state index >= 15 is 0 Å². The van der Waals surface area contributed by atoms with Gasteiger partial charge in [-0.25, -0.2) is 4.68 Å². The Hall–Kier alpha value is -2.42. The Balaban J connectivity index is 2.28. The summed E-state index contributed by atoms with van der Waals surface area (Å²) < 4.78 is 17.0. The molecule has 0 radical (unpaired) electrons. The van der Waals surface area contributed by atoms with Crippen molar-refractivity contribution in [2.24, 2.45) is 5.16 Å². The third-order valence-electron chi connectivity index (χ3n) is 2.79. The molecule has 21 heavy (non-hydrogen) atoms.